The number of para-hydroxylation sites is 1. The van der Waals surface area contributed by atoms with Gasteiger partial charge in [-0.05, 0) is 62.2 Å². The predicted octanol–water partition coefficient (Wildman–Crippen LogP) is 4.46. The average molecular weight is 375 g/mol. The molecule has 0 fully saturated rings. The molecular weight excluding hydrogens is 350 g/mol. The molecule has 0 saturated carbocycles. The Bertz CT molecular complexity index is 976. The Balaban J connectivity index is 1.81. The molecule has 0 aliphatic carbocycles. The lowest BCUT2D eigenvalue weighted by Gasteiger charge is -2.14. The fraction of sp³-hybridized carbons (Fsp3) is 0.227. The van der Waals surface area contributed by atoms with Crippen LogP contribution in [0.15, 0.2) is 48.5 Å². The van der Waals surface area contributed by atoms with Gasteiger partial charge < -0.3 is 15.5 Å². The summed E-state index contributed by atoms with van der Waals surface area (Å²) in [6, 6.07) is 15.4. The van der Waals surface area contributed by atoms with Crippen molar-refractivity contribution in [3.63, 3.8) is 0 Å². The molecular formula is C22H25N5O. The van der Waals surface area contributed by atoms with Gasteiger partial charge in [0.05, 0.1) is 0 Å². The van der Waals surface area contributed by atoms with Crippen molar-refractivity contribution >= 4 is 28.9 Å². The van der Waals surface area contributed by atoms with E-state index in [1.165, 1.54) is 0 Å². The monoisotopic (exact) mass is 375 g/mol. The molecule has 144 valence electrons. The van der Waals surface area contributed by atoms with Crippen LogP contribution in [0.3, 0.4) is 0 Å². The van der Waals surface area contributed by atoms with Gasteiger partial charge in [0.2, 0.25) is 5.95 Å². The van der Waals surface area contributed by atoms with Crippen LogP contribution >= 0.6 is 0 Å². The fourth-order valence-corrected chi connectivity index (χ4v) is 2.90. The second-order valence-corrected chi connectivity index (χ2v) is 7.01. The Labute approximate surface area is 165 Å². The molecule has 0 radical (unpaired) electrons. The number of aryl methyl sites for hydroxylation is 3. The number of nitrogens with zero attached hydrogens (tertiary/aromatic N) is 3. The zero-order chi connectivity index (χ0) is 20.3. The second-order valence-electron chi connectivity index (χ2n) is 7.01. The highest BCUT2D eigenvalue weighted by atomic mass is 16.1. The number of benzene rings is 2. The van der Waals surface area contributed by atoms with E-state index in [1.54, 1.807) is 6.07 Å². The van der Waals surface area contributed by atoms with E-state index in [0.29, 0.717) is 11.6 Å². The molecule has 6 heteroatoms. The number of aromatic nitrogens is 2. The van der Waals surface area contributed by atoms with E-state index < -0.39 is 0 Å². The van der Waals surface area contributed by atoms with Gasteiger partial charge in [-0.25, -0.2) is 9.97 Å². The van der Waals surface area contributed by atoms with Crippen LogP contribution in [-0.4, -0.2) is 30.0 Å². The molecule has 3 rings (SSSR count). The summed E-state index contributed by atoms with van der Waals surface area (Å²) >= 11 is 0. The highest BCUT2D eigenvalue weighted by Crippen LogP contribution is 2.23. The van der Waals surface area contributed by atoms with Gasteiger partial charge in [0.1, 0.15) is 5.69 Å². The van der Waals surface area contributed by atoms with Gasteiger partial charge in [0, 0.05) is 36.9 Å². The fourth-order valence-electron chi connectivity index (χ4n) is 2.90. The van der Waals surface area contributed by atoms with E-state index in [1.807, 2.05) is 82.2 Å². The van der Waals surface area contributed by atoms with Crippen LogP contribution in [0.1, 0.15) is 27.3 Å². The van der Waals surface area contributed by atoms with Crippen LogP contribution < -0.4 is 15.5 Å². The van der Waals surface area contributed by atoms with E-state index in [2.05, 4.69) is 20.6 Å². The van der Waals surface area contributed by atoms with E-state index in [9.17, 15) is 4.79 Å². The van der Waals surface area contributed by atoms with Gasteiger partial charge in [-0.3, -0.25) is 4.79 Å². The van der Waals surface area contributed by atoms with Gasteiger partial charge in [-0.1, -0.05) is 18.2 Å². The Morgan fingerprint density at radius 2 is 1.57 bits per heavy atom. The number of carbonyl (C=O) groups is 1. The third-order valence-corrected chi connectivity index (χ3v) is 4.45. The predicted molar refractivity (Wildman–Crippen MR) is 115 cm³/mol. The van der Waals surface area contributed by atoms with E-state index in [4.69, 9.17) is 0 Å². The lowest BCUT2D eigenvalue weighted by molar-refractivity contribution is 0.102. The molecule has 0 atom stereocenters. The minimum atomic E-state index is -0.271. The van der Waals surface area contributed by atoms with Crippen LogP contribution in [0.2, 0.25) is 0 Å². The minimum Gasteiger partial charge on any atom is -0.378 e. The van der Waals surface area contributed by atoms with E-state index >= 15 is 0 Å². The van der Waals surface area contributed by atoms with E-state index in [-0.39, 0.29) is 5.91 Å². The van der Waals surface area contributed by atoms with Crippen LogP contribution in [0.25, 0.3) is 0 Å². The first-order valence-corrected chi connectivity index (χ1v) is 9.11. The zero-order valence-corrected chi connectivity index (χ0v) is 16.9. The van der Waals surface area contributed by atoms with Crippen molar-refractivity contribution in [1.82, 2.24) is 9.97 Å². The summed E-state index contributed by atoms with van der Waals surface area (Å²) in [6.07, 6.45) is 0. The summed E-state index contributed by atoms with van der Waals surface area (Å²) < 4.78 is 0. The van der Waals surface area contributed by atoms with Crippen molar-refractivity contribution in [1.29, 1.82) is 0 Å². The van der Waals surface area contributed by atoms with Crippen molar-refractivity contribution in [3.05, 3.63) is 71.0 Å². The first-order valence-electron chi connectivity index (χ1n) is 9.11. The molecule has 1 aromatic heterocycles. The molecule has 0 aliphatic heterocycles. The first kappa shape index (κ1) is 19.4. The first-order chi connectivity index (χ1) is 13.3. The maximum Gasteiger partial charge on any atom is 0.274 e. The van der Waals surface area contributed by atoms with E-state index in [0.717, 1.165) is 33.9 Å². The van der Waals surface area contributed by atoms with Gasteiger partial charge in [0.15, 0.2) is 0 Å². The van der Waals surface area contributed by atoms with Crippen molar-refractivity contribution < 1.29 is 4.79 Å². The highest BCUT2D eigenvalue weighted by Gasteiger charge is 2.12. The molecule has 1 heterocycles. The number of nitrogens with one attached hydrogen (secondary N) is 2. The highest BCUT2D eigenvalue weighted by molar-refractivity contribution is 6.03. The van der Waals surface area contributed by atoms with Gasteiger partial charge in [-0.15, -0.1) is 0 Å². The summed E-state index contributed by atoms with van der Waals surface area (Å²) in [5, 5.41) is 6.14. The van der Waals surface area contributed by atoms with Gasteiger partial charge in [0.25, 0.3) is 5.91 Å². The Morgan fingerprint density at radius 3 is 2.18 bits per heavy atom. The molecule has 0 saturated heterocycles. The average Bonchev–Trinajstić information content (AvgIpc) is 2.65. The Kier molecular flexibility index (Phi) is 5.59. The molecule has 0 bridgehead atoms. The van der Waals surface area contributed by atoms with Crippen molar-refractivity contribution in [2.45, 2.75) is 20.8 Å². The second kappa shape index (κ2) is 8.08. The summed E-state index contributed by atoms with van der Waals surface area (Å²) in [5.74, 6) is 0.137. The molecule has 2 aromatic carbocycles. The lowest BCUT2D eigenvalue weighted by Crippen LogP contribution is -2.16. The van der Waals surface area contributed by atoms with Crippen molar-refractivity contribution in [3.8, 4) is 0 Å². The molecule has 0 unspecified atom stereocenters. The van der Waals surface area contributed by atoms with Crippen LogP contribution in [-0.2, 0) is 0 Å². The quantitative estimate of drug-likeness (QED) is 0.689. The molecule has 2 N–H and O–H groups in total. The SMILES string of the molecule is Cc1cc(C(=O)Nc2ccc(N(C)C)cc2)nc(Nc2c(C)cccc2C)n1. The molecule has 0 spiro atoms. The normalized spacial score (nSPS) is 10.5. The summed E-state index contributed by atoms with van der Waals surface area (Å²) in [6.45, 7) is 5.90. The van der Waals surface area contributed by atoms with Crippen LogP contribution in [0.5, 0.6) is 0 Å². The number of amides is 1. The molecule has 6 nitrogen and oxygen atoms in total. The van der Waals surface area contributed by atoms with Crippen molar-refractivity contribution in [2.75, 3.05) is 29.6 Å². The van der Waals surface area contributed by atoms with Gasteiger partial charge in [-0.2, -0.15) is 0 Å². The minimum absolute atomic E-state index is 0.271. The Hall–Kier alpha value is -3.41. The molecule has 1 amide bonds. The molecule has 0 aliphatic rings. The number of carbonyl (C=O) groups excluding carboxylic acids is 1. The largest absolute Gasteiger partial charge is 0.378 e. The topological polar surface area (TPSA) is 70.2 Å². The van der Waals surface area contributed by atoms with Crippen LogP contribution in [0, 0.1) is 20.8 Å². The number of rotatable bonds is 5. The number of hydrogen-bond acceptors (Lipinski definition) is 5. The Morgan fingerprint density at radius 1 is 0.929 bits per heavy atom. The van der Waals surface area contributed by atoms with Crippen LogP contribution in [0.4, 0.5) is 23.0 Å². The zero-order valence-electron chi connectivity index (χ0n) is 16.9. The van der Waals surface area contributed by atoms with Gasteiger partial charge >= 0.3 is 0 Å². The maximum absolute atomic E-state index is 12.7. The standard InChI is InChI=1S/C22H25N5O/c1-14-7-6-8-15(2)20(14)26-22-23-16(3)13-19(25-22)21(28)24-17-9-11-18(12-10-17)27(4)5/h6-13H,1-5H3,(H,24,28)(H,23,25,26). The third kappa shape index (κ3) is 4.46. The number of anilines is 4. The summed E-state index contributed by atoms with van der Waals surface area (Å²) in [4.78, 5) is 23.5. The van der Waals surface area contributed by atoms with Crippen molar-refractivity contribution in [2.24, 2.45) is 0 Å². The summed E-state index contributed by atoms with van der Waals surface area (Å²) in [7, 11) is 3.95. The number of hydrogen-bond donors (Lipinski definition) is 2. The molecule has 28 heavy (non-hydrogen) atoms. The molecule has 3 aromatic rings. The smallest absolute Gasteiger partial charge is 0.274 e. The maximum atomic E-state index is 12.7. The summed E-state index contributed by atoms with van der Waals surface area (Å²) in [5.41, 5.74) is 5.97. The lowest BCUT2D eigenvalue weighted by atomic mass is 10.1. The third-order valence-electron chi connectivity index (χ3n) is 4.45.